The average Bonchev–Trinajstić information content (AvgIpc) is 2.78. The summed E-state index contributed by atoms with van der Waals surface area (Å²) >= 11 is 0. The van der Waals surface area contributed by atoms with Crippen LogP contribution >= 0.6 is 0 Å². The van der Waals surface area contributed by atoms with Gasteiger partial charge in [-0.05, 0) is 78.0 Å². The summed E-state index contributed by atoms with van der Waals surface area (Å²) in [7, 11) is 0. The Balaban J connectivity index is 2.25. The second-order valence-corrected chi connectivity index (χ2v) is 17.8. The maximum atomic E-state index is 11.7. The van der Waals surface area contributed by atoms with E-state index in [0.29, 0.717) is 30.1 Å². The second-order valence-electron chi connectivity index (χ2n) is 17.8. The molecular formula is C40H58O3. The van der Waals surface area contributed by atoms with E-state index >= 15 is 0 Å². The number of phenols is 3. The first-order valence-corrected chi connectivity index (χ1v) is 15.8. The summed E-state index contributed by atoms with van der Waals surface area (Å²) in [6.45, 7) is 32.0. The van der Waals surface area contributed by atoms with E-state index in [1.165, 1.54) is 0 Å². The molecule has 0 atom stereocenters. The minimum Gasteiger partial charge on any atom is -0.507 e. The molecule has 0 aromatic heterocycles. The van der Waals surface area contributed by atoms with Gasteiger partial charge in [-0.1, -0.05) is 140 Å². The number of phenolic OH excluding ortho intramolecular Hbond substituents is 3. The van der Waals surface area contributed by atoms with Crippen molar-refractivity contribution in [2.75, 3.05) is 0 Å². The molecule has 43 heavy (non-hydrogen) atoms. The maximum Gasteiger partial charge on any atom is 0.123 e. The summed E-state index contributed by atoms with van der Waals surface area (Å²) in [4.78, 5) is 0. The minimum absolute atomic E-state index is 0.171. The fourth-order valence-corrected chi connectivity index (χ4v) is 6.17. The molecule has 3 N–H and O–H groups in total. The summed E-state index contributed by atoms with van der Waals surface area (Å²) < 4.78 is 0. The van der Waals surface area contributed by atoms with Crippen LogP contribution in [-0.2, 0) is 39.9 Å². The van der Waals surface area contributed by atoms with Crippen LogP contribution in [0.25, 0.3) is 0 Å². The molecule has 0 aliphatic heterocycles. The summed E-state index contributed by atoms with van der Waals surface area (Å²) in [5.74, 6) is 1.09. The lowest BCUT2D eigenvalue weighted by molar-refractivity contribution is 0.420. The van der Waals surface area contributed by atoms with Crippen molar-refractivity contribution in [3.05, 3.63) is 86.5 Å². The van der Waals surface area contributed by atoms with Crippen LogP contribution < -0.4 is 0 Å². The van der Waals surface area contributed by atoms with Gasteiger partial charge in [0.2, 0.25) is 0 Å². The van der Waals surface area contributed by atoms with Gasteiger partial charge in [-0.3, -0.25) is 0 Å². The molecule has 0 spiro atoms. The molecule has 0 unspecified atom stereocenters. The zero-order valence-corrected chi connectivity index (χ0v) is 29.7. The molecule has 0 fully saturated rings. The molecule has 3 rings (SSSR count). The summed E-state index contributed by atoms with van der Waals surface area (Å²) in [5.41, 5.74) is 7.72. The fraction of sp³-hybridized carbons (Fsp3) is 0.550. The number of benzene rings is 3. The van der Waals surface area contributed by atoms with Crippen LogP contribution in [0.5, 0.6) is 17.2 Å². The molecule has 3 heteroatoms. The highest BCUT2D eigenvalue weighted by atomic mass is 16.3. The zero-order valence-electron chi connectivity index (χ0n) is 29.7. The van der Waals surface area contributed by atoms with Crippen molar-refractivity contribution < 1.29 is 15.3 Å². The third-order valence-corrected chi connectivity index (χ3v) is 8.45. The Kier molecular flexibility index (Phi) is 9.00. The molecular weight excluding hydrogens is 528 g/mol. The topological polar surface area (TPSA) is 60.7 Å². The van der Waals surface area contributed by atoms with Gasteiger partial charge in [-0.2, -0.15) is 0 Å². The second kappa shape index (κ2) is 11.2. The van der Waals surface area contributed by atoms with Gasteiger partial charge in [0.25, 0.3) is 0 Å². The molecule has 0 heterocycles. The van der Waals surface area contributed by atoms with E-state index < -0.39 is 0 Å². The van der Waals surface area contributed by atoms with Crippen molar-refractivity contribution in [2.45, 2.75) is 144 Å². The van der Waals surface area contributed by atoms with Crippen LogP contribution in [0.15, 0.2) is 36.4 Å². The van der Waals surface area contributed by atoms with Gasteiger partial charge >= 0.3 is 0 Å². The number of rotatable bonds is 4. The van der Waals surface area contributed by atoms with E-state index in [0.717, 1.165) is 50.1 Å². The predicted molar refractivity (Wildman–Crippen MR) is 183 cm³/mol. The quantitative estimate of drug-likeness (QED) is 0.285. The van der Waals surface area contributed by atoms with E-state index in [1.807, 2.05) is 0 Å². The van der Waals surface area contributed by atoms with Crippen LogP contribution in [0.3, 0.4) is 0 Å². The van der Waals surface area contributed by atoms with Gasteiger partial charge in [0.1, 0.15) is 17.2 Å². The third kappa shape index (κ3) is 7.59. The van der Waals surface area contributed by atoms with E-state index in [1.54, 1.807) is 0 Å². The zero-order chi connectivity index (χ0) is 33.1. The molecule has 0 saturated heterocycles. The first-order chi connectivity index (χ1) is 19.2. The Bertz CT molecular complexity index is 1450. The Labute approximate surface area is 262 Å². The summed E-state index contributed by atoms with van der Waals surface area (Å²) in [6.07, 6.45) is 1.20. The number of hydrogen-bond donors (Lipinski definition) is 3. The molecule has 0 aliphatic carbocycles. The monoisotopic (exact) mass is 586 g/mol. The van der Waals surface area contributed by atoms with Gasteiger partial charge in [0.05, 0.1) is 0 Å². The minimum atomic E-state index is -0.262. The van der Waals surface area contributed by atoms with Crippen LogP contribution in [-0.4, -0.2) is 15.3 Å². The maximum absolute atomic E-state index is 11.7. The standard InChI is InChI=1S/C40H58O3/c1-36(2,3)28-17-16-26(32(35(28)43)40(13,14)15)18-24-19-27(33(41)29(21-24)37(4,5)6)20-25-22-30(38(7,8)9)34(42)31(23-25)39(10,11)12/h16-17,19,21-23,41-43H,18,20H2,1-15H3. The molecule has 0 radical (unpaired) electrons. The van der Waals surface area contributed by atoms with Crippen molar-refractivity contribution in [1.82, 2.24) is 0 Å². The lowest BCUT2D eigenvalue weighted by Crippen LogP contribution is -2.19. The van der Waals surface area contributed by atoms with Crippen molar-refractivity contribution in [3.63, 3.8) is 0 Å². The van der Waals surface area contributed by atoms with Crippen LogP contribution in [0.2, 0.25) is 0 Å². The molecule has 0 saturated carbocycles. The molecule has 3 nitrogen and oxygen atoms in total. The average molecular weight is 587 g/mol. The first kappa shape index (κ1) is 34.5. The summed E-state index contributed by atoms with van der Waals surface area (Å²) in [6, 6.07) is 12.7. The normalized spacial score (nSPS) is 13.5. The van der Waals surface area contributed by atoms with Crippen molar-refractivity contribution in [1.29, 1.82) is 0 Å². The SMILES string of the molecule is CC(C)(C)c1cc(Cc2ccc(C(C)(C)C)c(O)c2C(C)(C)C)cc(Cc2cc(C(C)(C)C)c(O)c(C(C)(C)C)c2)c1O. The molecule has 236 valence electrons. The van der Waals surface area contributed by atoms with Crippen LogP contribution in [0, 0.1) is 0 Å². The highest BCUT2D eigenvalue weighted by molar-refractivity contribution is 5.56. The van der Waals surface area contributed by atoms with Gasteiger partial charge in [-0.15, -0.1) is 0 Å². The Morgan fingerprint density at radius 2 is 0.767 bits per heavy atom. The van der Waals surface area contributed by atoms with Crippen LogP contribution in [0.1, 0.15) is 154 Å². The van der Waals surface area contributed by atoms with Gasteiger partial charge in [0.15, 0.2) is 0 Å². The molecule has 0 amide bonds. The summed E-state index contributed by atoms with van der Waals surface area (Å²) in [5, 5.41) is 34.5. The smallest absolute Gasteiger partial charge is 0.123 e. The van der Waals surface area contributed by atoms with Crippen molar-refractivity contribution in [2.24, 2.45) is 0 Å². The molecule has 3 aromatic rings. The molecule has 0 aliphatic rings. The van der Waals surface area contributed by atoms with E-state index in [4.69, 9.17) is 0 Å². The number of hydrogen-bond acceptors (Lipinski definition) is 3. The Hall–Kier alpha value is -2.94. The first-order valence-electron chi connectivity index (χ1n) is 15.8. The van der Waals surface area contributed by atoms with Crippen LogP contribution in [0.4, 0.5) is 0 Å². The van der Waals surface area contributed by atoms with Gasteiger partial charge < -0.3 is 15.3 Å². The third-order valence-electron chi connectivity index (χ3n) is 8.45. The van der Waals surface area contributed by atoms with Gasteiger partial charge in [-0.25, -0.2) is 0 Å². The van der Waals surface area contributed by atoms with Gasteiger partial charge in [0, 0.05) is 12.0 Å². The predicted octanol–water partition coefficient (Wildman–Crippen LogP) is 10.5. The largest absolute Gasteiger partial charge is 0.507 e. The van der Waals surface area contributed by atoms with Crippen molar-refractivity contribution >= 4 is 0 Å². The highest BCUT2D eigenvalue weighted by Gasteiger charge is 2.30. The van der Waals surface area contributed by atoms with Crippen molar-refractivity contribution in [3.8, 4) is 17.2 Å². The Morgan fingerprint density at radius 1 is 0.395 bits per heavy atom. The van der Waals surface area contributed by atoms with E-state index in [9.17, 15) is 15.3 Å². The highest BCUT2D eigenvalue weighted by Crippen LogP contribution is 2.44. The lowest BCUT2D eigenvalue weighted by atomic mass is 9.75. The Morgan fingerprint density at radius 3 is 1.16 bits per heavy atom. The van der Waals surface area contributed by atoms with E-state index in [-0.39, 0.29) is 27.1 Å². The van der Waals surface area contributed by atoms with E-state index in [2.05, 4.69) is 140 Å². The fourth-order valence-electron chi connectivity index (χ4n) is 6.17. The molecule has 3 aromatic carbocycles. The number of aromatic hydroxyl groups is 3. The lowest BCUT2D eigenvalue weighted by Gasteiger charge is -2.30. The molecule has 0 bridgehead atoms.